The molecule has 0 aliphatic rings. The van der Waals surface area contributed by atoms with Gasteiger partial charge >= 0.3 is 0 Å². The molecule has 0 saturated carbocycles. The van der Waals surface area contributed by atoms with E-state index in [2.05, 4.69) is 5.32 Å². The van der Waals surface area contributed by atoms with Crippen LogP contribution in [0.4, 0.5) is 5.69 Å². The van der Waals surface area contributed by atoms with Crippen LogP contribution in [0.1, 0.15) is 17.3 Å². The van der Waals surface area contributed by atoms with Gasteiger partial charge in [0, 0.05) is 12.2 Å². The highest BCUT2D eigenvalue weighted by molar-refractivity contribution is 5.99. The number of amides is 1. The Hall–Kier alpha value is -2.53. The Labute approximate surface area is 106 Å². The lowest BCUT2D eigenvalue weighted by Crippen LogP contribution is -2.32. The number of rotatable bonds is 5. The number of carbonyl (C=O) groups excluding carboxylic acids is 1. The number of nitrogens with one attached hydrogen (secondary N) is 1. The molecule has 0 atom stereocenters. The molecule has 0 spiro atoms. The van der Waals surface area contributed by atoms with E-state index in [0.29, 0.717) is 17.8 Å². The fourth-order valence-electron chi connectivity index (χ4n) is 1.55. The van der Waals surface area contributed by atoms with Crippen molar-refractivity contribution in [3.05, 3.63) is 29.8 Å². The minimum absolute atomic E-state index is 0.0904. The van der Waals surface area contributed by atoms with Crippen molar-refractivity contribution in [2.75, 3.05) is 25.0 Å². The lowest BCUT2D eigenvalue weighted by Gasteiger charge is -2.18. The normalized spacial score (nSPS) is 9.06. The Bertz CT molecular complexity index is 482. The molecule has 0 saturated heterocycles. The highest BCUT2D eigenvalue weighted by atomic mass is 16.2. The molecule has 1 amide bonds. The molecule has 1 aromatic rings. The number of carbonyl (C=O) groups is 1. The van der Waals surface area contributed by atoms with Crippen LogP contribution in [0.15, 0.2) is 24.3 Å². The molecule has 0 heterocycles. The van der Waals surface area contributed by atoms with E-state index in [1.54, 1.807) is 18.2 Å². The van der Waals surface area contributed by atoms with Crippen molar-refractivity contribution >= 4 is 11.6 Å². The van der Waals surface area contributed by atoms with Gasteiger partial charge in [0.2, 0.25) is 0 Å². The zero-order valence-electron chi connectivity index (χ0n) is 10.2. The van der Waals surface area contributed by atoms with Gasteiger partial charge in [-0.3, -0.25) is 4.79 Å². The first-order valence-corrected chi connectivity index (χ1v) is 5.60. The highest BCUT2D eigenvalue weighted by Crippen LogP contribution is 2.16. The maximum absolute atomic E-state index is 12.2. The maximum atomic E-state index is 12.2. The summed E-state index contributed by atoms with van der Waals surface area (Å²) in [6, 6.07) is 10.8. The molecule has 1 N–H and O–H groups in total. The van der Waals surface area contributed by atoms with Crippen LogP contribution in [0, 0.1) is 22.7 Å². The van der Waals surface area contributed by atoms with Gasteiger partial charge in [-0.1, -0.05) is 12.1 Å². The summed E-state index contributed by atoms with van der Waals surface area (Å²) in [6.45, 7) is 2.45. The minimum atomic E-state index is -0.311. The Kier molecular flexibility index (Phi) is 5.21. The molecule has 0 aromatic heterocycles. The molecular formula is C13H14N4O. The van der Waals surface area contributed by atoms with Crippen LogP contribution in [0.5, 0.6) is 0 Å². The average molecular weight is 242 g/mol. The van der Waals surface area contributed by atoms with E-state index in [9.17, 15) is 4.79 Å². The number of para-hydroxylation sites is 1. The van der Waals surface area contributed by atoms with Crippen molar-refractivity contribution in [1.82, 2.24) is 4.90 Å². The second-order valence-electron chi connectivity index (χ2n) is 3.55. The van der Waals surface area contributed by atoms with Crippen molar-refractivity contribution in [2.45, 2.75) is 6.92 Å². The molecule has 1 rings (SSSR count). The largest absolute Gasteiger partial charge is 0.385 e. The number of nitrogens with zero attached hydrogens (tertiary/aromatic N) is 3. The molecule has 0 bridgehead atoms. The zero-order valence-corrected chi connectivity index (χ0v) is 10.2. The molecule has 0 aliphatic heterocycles. The monoisotopic (exact) mass is 242 g/mol. The molecule has 0 unspecified atom stereocenters. The number of nitriles is 2. The van der Waals surface area contributed by atoms with Crippen LogP contribution in [0.25, 0.3) is 0 Å². The summed E-state index contributed by atoms with van der Waals surface area (Å²) < 4.78 is 0. The van der Waals surface area contributed by atoms with Gasteiger partial charge in [0.1, 0.15) is 13.1 Å². The summed E-state index contributed by atoms with van der Waals surface area (Å²) in [4.78, 5) is 13.4. The molecule has 1 aromatic carbocycles. The van der Waals surface area contributed by atoms with Crippen LogP contribution < -0.4 is 5.32 Å². The molecule has 5 nitrogen and oxygen atoms in total. The van der Waals surface area contributed by atoms with Gasteiger partial charge in [0.25, 0.3) is 5.91 Å². The number of anilines is 1. The third-order valence-electron chi connectivity index (χ3n) is 2.34. The SMILES string of the molecule is CCNc1ccccc1C(=O)N(CC#N)CC#N. The third kappa shape index (κ3) is 3.23. The lowest BCUT2D eigenvalue weighted by molar-refractivity contribution is 0.0795. The predicted octanol–water partition coefficient (Wildman–Crippen LogP) is 1.61. The van der Waals surface area contributed by atoms with E-state index in [1.807, 2.05) is 25.1 Å². The molecule has 0 aliphatic carbocycles. The zero-order chi connectivity index (χ0) is 13.4. The van der Waals surface area contributed by atoms with Gasteiger partial charge in [-0.05, 0) is 19.1 Å². The number of hydrogen-bond acceptors (Lipinski definition) is 4. The van der Waals surface area contributed by atoms with Crippen LogP contribution in [-0.2, 0) is 0 Å². The molecule has 18 heavy (non-hydrogen) atoms. The second-order valence-corrected chi connectivity index (χ2v) is 3.55. The van der Waals surface area contributed by atoms with E-state index in [0.717, 1.165) is 0 Å². The summed E-state index contributed by atoms with van der Waals surface area (Å²) in [6.07, 6.45) is 0. The van der Waals surface area contributed by atoms with Gasteiger partial charge in [0.15, 0.2) is 0 Å². The molecule has 92 valence electrons. The van der Waals surface area contributed by atoms with Crippen molar-refractivity contribution in [1.29, 1.82) is 10.5 Å². The average Bonchev–Trinajstić information content (AvgIpc) is 2.39. The fraction of sp³-hybridized carbons (Fsp3) is 0.308. The summed E-state index contributed by atoms with van der Waals surface area (Å²) in [5.74, 6) is -0.311. The van der Waals surface area contributed by atoms with Crippen LogP contribution in [0.2, 0.25) is 0 Å². The van der Waals surface area contributed by atoms with Gasteiger partial charge in [-0.2, -0.15) is 10.5 Å². The Morgan fingerprint density at radius 1 is 1.28 bits per heavy atom. The number of benzene rings is 1. The summed E-state index contributed by atoms with van der Waals surface area (Å²) in [5, 5.41) is 20.4. The van der Waals surface area contributed by atoms with E-state index < -0.39 is 0 Å². The molecule has 0 radical (unpaired) electrons. The first kappa shape index (κ1) is 13.5. The topological polar surface area (TPSA) is 79.9 Å². The first-order valence-electron chi connectivity index (χ1n) is 5.60. The number of hydrogen-bond donors (Lipinski definition) is 1. The summed E-state index contributed by atoms with van der Waals surface area (Å²) in [5.41, 5.74) is 1.19. The van der Waals surface area contributed by atoms with Crippen molar-refractivity contribution < 1.29 is 4.79 Å². The minimum Gasteiger partial charge on any atom is -0.385 e. The van der Waals surface area contributed by atoms with Crippen LogP contribution in [-0.4, -0.2) is 30.4 Å². The molecular weight excluding hydrogens is 228 g/mol. The van der Waals surface area contributed by atoms with E-state index >= 15 is 0 Å². The predicted molar refractivity (Wildman–Crippen MR) is 67.7 cm³/mol. The smallest absolute Gasteiger partial charge is 0.257 e. The van der Waals surface area contributed by atoms with Crippen molar-refractivity contribution in [2.24, 2.45) is 0 Å². The summed E-state index contributed by atoms with van der Waals surface area (Å²) >= 11 is 0. The van der Waals surface area contributed by atoms with Gasteiger partial charge in [-0.25, -0.2) is 0 Å². The summed E-state index contributed by atoms with van der Waals surface area (Å²) in [7, 11) is 0. The Morgan fingerprint density at radius 2 is 1.89 bits per heavy atom. The van der Waals surface area contributed by atoms with Gasteiger partial charge < -0.3 is 10.2 Å². The first-order chi connectivity index (χ1) is 8.74. The van der Waals surface area contributed by atoms with Crippen LogP contribution >= 0.6 is 0 Å². The fourth-order valence-corrected chi connectivity index (χ4v) is 1.55. The molecule has 0 fully saturated rings. The van der Waals surface area contributed by atoms with Crippen LogP contribution in [0.3, 0.4) is 0 Å². The third-order valence-corrected chi connectivity index (χ3v) is 2.34. The Balaban J connectivity index is 3.01. The van der Waals surface area contributed by atoms with E-state index in [4.69, 9.17) is 10.5 Å². The second kappa shape index (κ2) is 6.93. The Morgan fingerprint density at radius 3 is 2.44 bits per heavy atom. The van der Waals surface area contributed by atoms with Crippen molar-refractivity contribution in [3.8, 4) is 12.1 Å². The standard InChI is InChI=1S/C13H14N4O/c1-2-16-12-6-4-3-5-11(12)13(18)17(9-7-14)10-8-15/h3-6,16H,2,9-10H2,1H3. The maximum Gasteiger partial charge on any atom is 0.257 e. The van der Waals surface area contributed by atoms with Crippen molar-refractivity contribution in [3.63, 3.8) is 0 Å². The molecule has 5 heteroatoms. The van der Waals surface area contributed by atoms with Gasteiger partial charge in [0.05, 0.1) is 17.7 Å². The van der Waals surface area contributed by atoms with E-state index in [1.165, 1.54) is 4.90 Å². The highest BCUT2D eigenvalue weighted by Gasteiger charge is 2.17. The quantitative estimate of drug-likeness (QED) is 0.795. The lowest BCUT2D eigenvalue weighted by atomic mass is 10.1. The van der Waals surface area contributed by atoms with Gasteiger partial charge in [-0.15, -0.1) is 0 Å². The van der Waals surface area contributed by atoms with E-state index in [-0.39, 0.29) is 19.0 Å².